The SMILES string of the molecule is COCC(Cl)CN(C)c1ncncc1I. The van der Waals surface area contributed by atoms with Gasteiger partial charge in [0, 0.05) is 26.9 Å². The molecule has 0 aliphatic carbocycles. The molecule has 0 N–H and O–H groups in total. The Morgan fingerprint density at radius 2 is 2.40 bits per heavy atom. The van der Waals surface area contributed by atoms with Crippen molar-refractivity contribution >= 4 is 40.0 Å². The van der Waals surface area contributed by atoms with Crippen LogP contribution in [0.25, 0.3) is 0 Å². The molecule has 0 saturated heterocycles. The fraction of sp³-hybridized carbons (Fsp3) is 0.556. The Morgan fingerprint density at radius 1 is 1.67 bits per heavy atom. The quantitative estimate of drug-likeness (QED) is 0.604. The second-order valence-corrected chi connectivity index (χ2v) is 4.91. The molecule has 4 nitrogen and oxygen atoms in total. The van der Waals surface area contributed by atoms with Crippen LogP contribution in [0.1, 0.15) is 0 Å². The normalized spacial score (nSPS) is 12.5. The summed E-state index contributed by atoms with van der Waals surface area (Å²) in [5.74, 6) is 0.896. The lowest BCUT2D eigenvalue weighted by atomic mass is 10.4. The fourth-order valence-corrected chi connectivity index (χ4v) is 2.25. The minimum atomic E-state index is -0.0363. The number of alkyl halides is 1. The van der Waals surface area contributed by atoms with Gasteiger partial charge in [-0.25, -0.2) is 9.97 Å². The Hall–Kier alpha value is -0.140. The molecule has 0 aromatic carbocycles. The summed E-state index contributed by atoms with van der Waals surface area (Å²) in [6, 6.07) is 0. The lowest BCUT2D eigenvalue weighted by Crippen LogP contribution is -2.29. The maximum absolute atomic E-state index is 6.07. The lowest BCUT2D eigenvalue weighted by Gasteiger charge is -2.21. The van der Waals surface area contributed by atoms with Crippen LogP contribution in [-0.4, -0.2) is 42.7 Å². The average molecular weight is 342 g/mol. The highest BCUT2D eigenvalue weighted by Gasteiger charge is 2.12. The zero-order valence-electron chi connectivity index (χ0n) is 8.65. The third-order valence-electron chi connectivity index (χ3n) is 1.83. The maximum Gasteiger partial charge on any atom is 0.145 e. The minimum Gasteiger partial charge on any atom is -0.383 e. The summed E-state index contributed by atoms with van der Waals surface area (Å²) in [4.78, 5) is 10.1. The smallest absolute Gasteiger partial charge is 0.145 e. The predicted octanol–water partition coefficient (Wildman–Crippen LogP) is 1.77. The van der Waals surface area contributed by atoms with Crippen molar-refractivity contribution in [3.05, 3.63) is 16.1 Å². The second-order valence-electron chi connectivity index (χ2n) is 3.13. The molecule has 0 aliphatic rings. The van der Waals surface area contributed by atoms with E-state index in [1.54, 1.807) is 13.3 Å². The molecule has 0 aliphatic heterocycles. The third kappa shape index (κ3) is 4.08. The highest BCUT2D eigenvalue weighted by Crippen LogP contribution is 2.17. The predicted molar refractivity (Wildman–Crippen MR) is 69.5 cm³/mol. The van der Waals surface area contributed by atoms with E-state index in [0.717, 1.165) is 9.39 Å². The fourth-order valence-electron chi connectivity index (χ4n) is 1.20. The Morgan fingerprint density at radius 3 is 3.00 bits per heavy atom. The van der Waals surface area contributed by atoms with E-state index >= 15 is 0 Å². The molecule has 0 radical (unpaired) electrons. The average Bonchev–Trinajstić information content (AvgIpc) is 2.18. The number of ether oxygens (including phenoxy) is 1. The van der Waals surface area contributed by atoms with E-state index < -0.39 is 0 Å². The first-order valence-corrected chi connectivity index (χ1v) is 5.96. The largest absolute Gasteiger partial charge is 0.383 e. The summed E-state index contributed by atoms with van der Waals surface area (Å²) < 4.78 is 5.99. The van der Waals surface area contributed by atoms with Crippen molar-refractivity contribution in [3.8, 4) is 0 Å². The van der Waals surface area contributed by atoms with Gasteiger partial charge in [0.2, 0.25) is 0 Å². The van der Waals surface area contributed by atoms with Gasteiger partial charge in [-0.15, -0.1) is 11.6 Å². The van der Waals surface area contributed by atoms with E-state index in [1.807, 2.05) is 11.9 Å². The molecule has 0 fully saturated rings. The number of hydrogen-bond donors (Lipinski definition) is 0. The number of hydrogen-bond acceptors (Lipinski definition) is 4. The molecule has 1 aromatic heterocycles. The number of rotatable bonds is 5. The zero-order chi connectivity index (χ0) is 11.3. The van der Waals surface area contributed by atoms with Gasteiger partial charge in [0.15, 0.2) is 0 Å². The van der Waals surface area contributed by atoms with E-state index in [1.165, 1.54) is 6.33 Å². The topological polar surface area (TPSA) is 38.2 Å². The van der Waals surface area contributed by atoms with Crippen LogP contribution in [0.3, 0.4) is 0 Å². The molecule has 84 valence electrons. The van der Waals surface area contributed by atoms with Crippen molar-refractivity contribution in [2.24, 2.45) is 0 Å². The summed E-state index contributed by atoms with van der Waals surface area (Å²) in [6.45, 7) is 1.23. The minimum absolute atomic E-state index is 0.0363. The molecule has 0 amide bonds. The number of aromatic nitrogens is 2. The molecule has 1 heterocycles. The first-order chi connectivity index (χ1) is 7.15. The van der Waals surface area contributed by atoms with Crippen molar-refractivity contribution in [2.75, 3.05) is 32.2 Å². The van der Waals surface area contributed by atoms with Gasteiger partial charge in [-0.2, -0.15) is 0 Å². The van der Waals surface area contributed by atoms with E-state index in [9.17, 15) is 0 Å². The number of methoxy groups -OCH3 is 1. The summed E-state index contributed by atoms with van der Waals surface area (Å²) >= 11 is 8.27. The Kier molecular flexibility index (Phi) is 5.55. The molecule has 0 saturated carbocycles. The monoisotopic (exact) mass is 341 g/mol. The summed E-state index contributed by atoms with van der Waals surface area (Å²) in [5.41, 5.74) is 0. The van der Waals surface area contributed by atoms with Crippen molar-refractivity contribution in [2.45, 2.75) is 5.38 Å². The van der Waals surface area contributed by atoms with Crippen LogP contribution in [0.2, 0.25) is 0 Å². The van der Waals surface area contributed by atoms with E-state index in [2.05, 4.69) is 32.6 Å². The van der Waals surface area contributed by atoms with Crippen LogP contribution in [0, 0.1) is 3.57 Å². The highest BCUT2D eigenvalue weighted by atomic mass is 127. The summed E-state index contributed by atoms with van der Waals surface area (Å²) in [6.07, 6.45) is 3.31. The number of halogens is 2. The molecule has 0 spiro atoms. The van der Waals surface area contributed by atoms with Crippen molar-refractivity contribution in [1.82, 2.24) is 9.97 Å². The van der Waals surface area contributed by atoms with Crippen LogP contribution >= 0.6 is 34.2 Å². The van der Waals surface area contributed by atoms with Gasteiger partial charge in [0.1, 0.15) is 12.1 Å². The number of anilines is 1. The molecule has 1 unspecified atom stereocenters. The van der Waals surface area contributed by atoms with Gasteiger partial charge in [0.25, 0.3) is 0 Å². The van der Waals surface area contributed by atoms with Gasteiger partial charge >= 0.3 is 0 Å². The van der Waals surface area contributed by atoms with Crippen LogP contribution in [0.5, 0.6) is 0 Å². The molecular formula is C9H13ClIN3O. The highest BCUT2D eigenvalue weighted by molar-refractivity contribution is 14.1. The van der Waals surface area contributed by atoms with Gasteiger partial charge in [-0.1, -0.05) is 0 Å². The Labute approximate surface area is 108 Å². The van der Waals surface area contributed by atoms with Gasteiger partial charge in [0.05, 0.1) is 15.6 Å². The van der Waals surface area contributed by atoms with Crippen molar-refractivity contribution < 1.29 is 4.74 Å². The second kappa shape index (κ2) is 6.44. The Bertz CT molecular complexity index is 313. The lowest BCUT2D eigenvalue weighted by molar-refractivity contribution is 0.199. The number of nitrogens with zero attached hydrogens (tertiary/aromatic N) is 3. The van der Waals surface area contributed by atoms with Gasteiger partial charge < -0.3 is 9.64 Å². The standard InChI is InChI=1S/C9H13ClIN3O/c1-14(4-7(10)5-15-2)9-8(11)3-12-6-13-9/h3,6-7H,4-5H2,1-2H3. The molecule has 0 bridgehead atoms. The Balaban J connectivity index is 2.61. The van der Waals surface area contributed by atoms with Crippen LogP contribution in [0.4, 0.5) is 5.82 Å². The van der Waals surface area contributed by atoms with Gasteiger partial charge in [-0.05, 0) is 22.6 Å². The van der Waals surface area contributed by atoms with E-state index in [-0.39, 0.29) is 5.38 Å². The molecule has 1 atom stereocenters. The van der Waals surface area contributed by atoms with Crippen molar-refractivity contribution in [3.63, 3.8) is 0 Å². The van der Waals surface area contributed by atoms with Crippen LogP contribution in [-0.2, 0) is 4.74 Å². The summed E-state index contributed by atoms with van der Waals surface area (Å²) in [7, 11) is 3.60. The van der Waals surface area contributed by atoms with E-state index in [0.29, 0.717) is 13.2 Å². The maximum atomic E-state index is 6.07. The molecular weight excluding hydrogens is 328 g/mol. The molecule has 6 heteroatoms. The van der Waals surface area contributed by atoms with E-state index in [4.69, 9.17) is 16.3 Å². The van der Waals surface area contributed by atoms with Crippen molar-refractivity contribution in [1.29, 1.82) is 0 Å². The first kappa shape index (κ1) is 12.9. The molecule has 15 heavy (non-hydrogen) atoms. The third-order valence-corrected chi connectivity index (χ3v) is 2.85. The first-order valence-electron chi connectivity index (χ1n) is 4.44. The van der Waals surface area contributed by atoms with Crippen LogP contribution in [0.15, 0.2) is 12.5 Å². The van der Waals surface area contributed by atoms with Gasteiger partial charge in [-0.3, -0.25) is 0 Å². The summed E-state index contributed by atoms with van der Waals surface area (Å²) in [5, 5.41) is -0.0363. The molecule has 1 aromatic rings. The van der Waals surface area contributed by atoms with Crippen LogP contribution < -0.4 is 4.90 Å². The zero-order valence-corrected chi connectivity index (χ0v) is 11.6. The molecule has 1 rings (SSSR count).